The Balaban J connectivity index is 4.19. The number of aliphatic carboxylic acids is 1. The highest BCUT2D eigenvalue weighted by atomic mass is 35.5. The lowest BCUT2D eigenvalue weighted by molar-refractivity contribution is -0.132. The van der Waals surface area contributed by atoms with Crippen LogP contribution in [0.3, 0.4) is 0 Å². The fraction of sp³-hybridized carbons (Fsp3) is 0.571. The zero-order chi connectivity index (χ0) is 11.4. The fourth-order valence-electron chi connectivity index (χ4n) is 0.741. The van der Waals surface area contributed by atoms with Gasteiger partial charge < -0.3 is 14.9 Å². The zero-order valence-corrected chi connectivity index (χ0v) is 9.20. The van der Waals surface area contributed by atoms with Crippen molar-refractivity contribution >= 4 is 25.2 Å². The van der Waals surface area contributed by atoms with Gasteiger partial charge in [0.2, 0.25) is 0 Å². The summed E-state index contributed by atoms with van der Waals surface area (Å²) in [4.78, 5) is 27.9. The Bertz CT molecular complexity index is 282. The van der Waals surface area contributed by atoms with Crippen molar-refractivity contribution in [2.24, 2.45) is 0 Å². The second kappa shape index (κ2) is 5.51. The lowest BCUT2D eigenvalue weighted by Crippen LogP contribution is -2.06. The van der Waals surface area contributed by atoms with E-state index >= 15 is 0 Å². The van der Waals surface area contributed by atoms with E-state index in [1.165, 1.54) is 6.92 Å². The first-order valence-electron chi connectivity index (χ1n) is 3.86. The first kappa shape index (κ1) is 13.7. The van der Waals surface area contributed by atoms with Crippen LogP contribution >= 0.6 is 19.2 Å². The molecule has 5 nitrogen and oxygen atoms in total. The largest absolute Gasteiger partial charge is 0.478 e. The van der Waals surface area contributed by atoms with Crippen LogP contribution in [0.1, 0.15) is 19.8 Å². The first-order chi connectivity index (χ1) is 6.29. The molecule has 0 saturated carbocycles. The molecule has 0 bridgehead atoms. The average Bonchev–Trinajstić information content (AvgIpc) is 2.02. The molecule has 1 atom stereocenters. The summed E-state index contributed by atoms with van der Waals surface area (Å²) in [6.45, 7) is 1.37. The van der Waals surface area contributed by atoms with Crippen molar-refractivity contribution in [3.8, 4) is 0 Å². The van der Waals surface area contributed by atoms with Gasteiger partial charge in [0.25, 0.3) is 0 Å². The number of hydrogen-bond donors (Lipinski definition) is 3. The van der Waals surface area contributed by atoms with Crippen LogP contribution in [0.4, 0.5) is 0 Å². The molecule has 0 aliphatic carbocycles. The molecule has 0 aromatic carbocycles. The van der Waals surface area contributed by atoms with Gasteiger partial charge >= 0.3 is 13.6 Å². The maximum atomic E-state index is 10.7. The molecule has 0 radical (unpaired) electrons. The minimum Gasteiger partial charge on any atom is -0.478 e. The molecule has 0 heterocycles. The van der Waals surface area contributed by atoms with Crippen LogP contribution in [0.25, 0.3) is 0 Å². The lowest BCUT2D eigenvalue weighted by Gasteiger charge is -2.12. The van der Waals surface area contributed by atoms with Gasteiger partial charge in [-0.15, -0.1) is 0 Å². The van der Waals surface area contributed by atoms with Gasteiger partial charge in [0.1, 0.15) is 0 Å². The van der Waals surface area contributed by atoms with Crippen molar-refractivity contribution < 1.29 is 24.3 Å². The Morgan fingerprint density at radius 3 is 2.36 bits per heavy atom. The zero-order valence-electron chi connectivity index (χ0n) is 7.55. The summed E-state index contributed by atoms with van der Waals surface area (Å²) < 4.78 is 10.7. The van der Waals surface area contributed by atoms with E-state index in [1.807, 2.05) is 0 Å². The molecule has 0 aromatic heterocycles. The van der Waals surface area contributed by atoms with Crippen LogP contribution in [0.5, 0.6) is 0 Å². The van der Waals surface area contributed by atoms with Crippen molar-refractivity contribution in [1.29, 1.82) is 0 Å². The molecule has 0 fully saturated rings. The van der Waals surface area contributed by atoms with E-state index in [1.54, 1.807) is 0 Å². The Hall–Kier alpha value is -0.350. The van der Waals surface area contributed by atoms with Crippen LogP contribution < -0.4 is 0 Å². The predicted molar refractivity (Wildman–Crippen MR) is 52.3 cm³/mol. The molecule has 0 aliphatic rings. The number of carboxylic acid groups (broad SMARTS) is 1. The molecule has 0 saturated heterocycles. The molecule has 82 valence electrons. The van der Waals surface area contributed by atoms with Gasteiger partial charge in [-0.1, -0.05) is 18.5 Å². The summed E-state index contributed by atoms with van der Waals surface area (Å²) >= 11 is 5.22. The van der Waals surface area contributed by atoms with E-state index in [4.69, 9.17) is 26.5 Å². The van der Waals surface area contributed by atoms with E-state index in [0.29, 0.717) is 0 Å². The number of carbonyl (C=O) groups is 1. The van der Waals surface area contributed by atoms with Crippen LogP contribution in [0.2, 0.25) is 0 Å². The third-order valence-electron chi connectivity index (χ3n) is 1.81. The molecular formula is C7H12ClO5P. The number of halogens is 1. The molecule has 7 heteroatoms. The van der Waals surface area contributed by atoms with E-state index < -0.39 is 19.2 Å². The highest BCUT2D eigenvalue weighted by Crippen LogP contribution is 2.43. The van der Waals surface area contributed by atoms with Gasteiger partial charge in [-0.25, -0.2) is 4.79 Å². The van der Waals surface area contributed by atoms with E-state index in [-0.39, 0.29) is 18.4 Å². The minimum absolute atomic E-state index is 0.0467. The molecule has 0 rings (SSSR count). The van der Waals surface area contributed by atoms with Crippen molar-refractivity contribution in [2.75, 3.05) is 0 Å². The summed E-state index contributed by atoms with van der Waals surface area (Å²) in [6.07, 6.45) is 0.139. The van der Waals surface area contributed by atoms with Gasteiger partial charge in [0, 0.05) is 11.1 Å². The van der Waals surface area contributed by atoms with Gasteiger partial charge in [-0.05, 0) is 12.8 Å². The number of hydrogen-bond acceptors (Lipinski definition) is 2. The molecule has 1 unspecified atom stereocenters. The number of rotatable bonds is 5. The summed E-state index contributed by atoms with van der Waals surface area (Å²) in [6, 6.07) is 0. The lowest BCUT2D eigenvalue weighted by atomic mass is 10.1. The van der Waals surface area contributed by atoms with E-state index in [9.17, 15) is 9.36 Å². The molecule has 14 heavy (non-hydrogen) atoms. The monoisotopic (exact) mass is 242 g/mol. The topological polar surface area (TPSA) is 94.8 Å². The third-order valence-corrected chi connectivity index (χ3v) is 3.48. The molecular weight excluding hydrogens is 230 g/mol. The third kappa shape index (κ3) is 4.77. The maximum Gasteiger partial charge on any atom is 0.332 e. The van der Waals surface area contributed by atoms with Gasteiger partial charge in [0.05, 0.1) is 5.66 Å². The van der Waals surface area contributed by atoms with Crippen molar-refractivity contribution in [2.45, 2.75) is 25.4 Å². The molecule has 0 amide bonds. The van der Waals surface area contributed by atoms with Crippen molar-refractivity contribution in [3.05, 3.63) is 11.1 Å². The molecule has 0 spiro atoms. The van der Waals surface area contributed by atoms with Crippen molar-refractivity contribution in [1.82, 2.24) is 0 Å². The molecule has 0 aromatic rings. The summed E-state index contributed by atoms with van der Waals surface area (Å²) in [7, 11) is -4.12. The van der Waals surface area contributed by atoms with Gasteiger partial charge in [0.15, 0.2) is 0 Å². The second-order valence-electron chi connectivity index (χ2n) is 2.92. The van der Waals surface area contributed by atoms with E-state index in [2.05, 4.69) is 0 Å². The van der Waals surface area contributed by atoms with Crippen LogP contribution in [-0.2, 0) is 9.36 Å². The van der Waals surface area contributed by atoms with Crippen LogP contribution in [0.15, 0.2) is 11.1 Å². The van der Waals surface area contributed by atoms with Crippen LogP contribution in [0, 0.1) is 0 Å². The highest BCUT2D eigenvalue weighted by molar-refractivity contribution is 7.52. The van der Waals surface area contributed by atoms with Crippen molar-refractivity contribution in [3.63, 3.8) is 0 Å². The fourth-order valence-corrected chi connectivity index (χ4v) is 1.41. The normalized spacial score (nSPS) is 15.3. The summed E-state index contributed by atoms with van der Waals surface area (Å²) in [5, 5.41) is 8.54. The maximum absolute atomic E-state index is 10.7. The van der Waals surface area contributed by atoms with E-state index in [0.717, 1.165) is 5.54 Å². The van der Waals surface area contributed by atoms with Crippen LogP contribution in [-0.4, -0.2) is 26.5 Å². The quantitative estimate of drug-likeness (QED) is 0.502. The SMILES string of the molecule is CC(CCC(=CCl)C(=O)O)P(=O)(O)O. The minimum atomic E-state index is -4.12. The Kier molecular flexibility index (Phi) is 5.37. The first-order valence-corrected chi connectivity index (χ1v) is 5.98. The predicted octanol–water partition coefficient (Wildman–Crippen LogP) is 1.54. The highest BCUT2D eigenvalue weighted by Gasteiger charge is 2.24. The smallest absolute Gasteiger partial charge is 0.332 e. The summed E-state index contributed by atoms with van der Waals surface area (Å²) in [5.74, 6) is -1.17. The Morgan fingerprint density at radius 2 is 2.07 bits per heavy atom. The number of carboxylic acids is 1. The molecule has 3 N–H and O–H groups in total. The molecule has 0 aliphatic heterocycles. The van der Waals surface area contributed by atoms with Gasteiger partial charge in [-0.3, -0.25) is 4.57 Å². The average molecular weight is 243 g/mol. The second-order valence-corrected chi connectivity index (χ2v) is 5.19. The summed E-state index contributed by atoms with van der Waals surface area (Å²) in [5.41, 5.74) is 0.00906. The standard InChI is InChI=1S/C7H12ClO5P/c1-5(14(11,12)13)2-3-6(4-8)7(9)10/h4-5H,2-3H2,1H3,(H,9,10)(H2,11,12,13). The Labute approximate surface area is 86.5 Å². The van der Waals surface area contributed by atoms with Gasteiger partial charge in [-0.2, -0.15) is 0 Å². The Morgan fingerprint density at radius 1 is 1.57 bits per heavy atom.